The topological polar surface area (TPSA) is 20.2 Å². The Hall–Kier alpha value is 2.43. The Bertz CT molecular complexity index is 241. The van der Waals surface area contributed by atoms with Crippen molar-refractivity contribution in [2.45, 2.75) is 26.7 Å². The van der Waals surface area contributed by atoms with Gasteiger partial charge in [0.15, 0.2) is 0 Å². The van der Waals surface area contributed by atoms with E-state index in [1.165, 1.54) is 19.0 Å². The number of hydrogen-bond acceptors (Lipinski definition) is 1. The Morgan fingerprint density at radius 1 is 1.00 bits per heavy atom. The van der Waals surface area contributed by atoms with Crippen molar-refractivity contribution in [3.05, 3.63) is 0 Å². The fourth-order valence-corrected chi connectivity index (χ4v) is 4.22. The van der Waals surface area contributed by atoms with Crippen LogP contribution in [0.1, 0.15) is 26.7 Å². The van der Waals surface area contributed by atoms with Gasteiger partial charge >= 0.3 is 84.9 Å². The van der Waals surface area contributed by atoms with E-state index in [1.807, 2.05) is 0 Å². The van der Waals surface area contributed by atoms with Crippen LogP contribution in [0.3, 0.4) is 0 Å². The van der Waals surface area contributed by atoms with Crippen LogP contribution < -0.4 is 0 Å². The summed E-state index contributed by atoms with van der Waals surface area (Å²) in [5, 5.41) is 22.2. The predicted octanol–water partition coefficient (Wildman–Crippen LogP) is 0.499. The molecule has 5 unspecified atom stereocenters. The Balaban J connectivity index is -0.000000156. The van der Waals surface area contributed by atoms with Crippen molar-refractivity contribution in [2.75, 3.05) is 18.9 Å². The summed E-state index contributed by atoms with van der Waals surface area (Å²) in [5.74, 6) is 0.757. The molecule has 1 aliphatic rings. The van der Waals surface area contributed by atoms with Crippen LogP contribution in [-0.2, 0) is 0 Å². The molecule has 21 heavy (non-hydrogen) atoms. The maximum absolute atomic E-state index is 9.49. The second kappa shape index (κ2) is 20.5. The molecule has 0 aromatic heterocycles. The molecular formula is C14H30Al4OP2. The van der Waals surface area contributed by atoms with Crippen molar-refractivity contribution in [3.8, 4) is 0 Å². The Morgan fingerprint density at radius 2 is 1.38 bits per heavy atom. The minimum atomic E-state index is 0.135. The molecule has 1 aliphatic carbocycles. The van der Waals surface area contributed by atoms with Crippen molar-refractivity contribution in [3.63, 3.8) is 0 Å². The Kier molecular flexibility index (Phi) is 30.4. The molecule has 114 valence electrons. The van der Waals surface area contributed by atoms with E-state index >= 15 is 0 Å². The first-order valence-corrected chi connectivity index (χ1v) is 11.6. The van der Waals surface area contributed by atoms with E-state index in [4.69, 9.17) is 0 Å². The van der Waals surface area contributed by atoms with Crippen LogP contribution in [-0.4, -0.2) is 109 Å². The average Bonchev–Trinajstić information content (AvgIpc) is 2.87. The van der Waals surface area contributed by atoms with E-state index in [1.54, 1.807) is 0 Å². The zero-order valence-electron chi connectivity index (χ0n) is 13.9. The molecule has 4 radical (unpaired) electrons. The quantitative estimate of drug-likeness (QED) is 0.555. The number of aliphatic hydroxyl groups excluding tert-OH is 1. The summed E-state index contributed by atoms with van der Waals surface area (Å²) in [6.45, 7) is 4.90. The van der Waals surface area contributed by atoms with Crippen LogP contribution in [0.2, 0.25) is 0 Å². The third-order valence-corrected chi connectivity index (χ3v) is 5.80. The van der Waals surface area contributed by atoms with Gasteiger partial charge in [0.05, 0.1) is 0 Å². The third kappa shape index (κ3) is 9.48. The predicted molar refractivity (Wildman–Crippen MR) is 117 cm³/mol. The van der Waals surface area contributed by atoms with E-state index in [9.17, 15) is 5.11 Å². The first-order valence-electron chi connectivity index (χ1n) is 6.68. The van der Waals surface area contributed by atoms with Gasteiger partial charge < -0.3 is 5.11 Å². The molecule has 1 saturated carbocycles. The zero-order chi connectivity index (χ0) is 18.1. The van der Waals surface area contributed by atoms with Gasteiger partial charge in [-0.15, -0.1) is 18.5 Å². The van der Waals surface area contributed by atoms with Crippen LogP contribution >= 0.6 is 18.5 Å². The molecule has 7 heteroatoms. The molecule has 1 nitrogen and oxygen atoms in total. The molecular weight excluding hydrogens is 354 g/mol. The molecule has 1 rings (SSSR count). The van der Waals surface area contributed by atoms with Gasteiger partial charge in [0, 0.05) is 6.61 Å². The number of rotatable bonds is 3. The van der Waals surface area contributed by atoms with Crippen LogP contribution in [0, 0.1) is 16.7 Å². The summed E-state index contributed by atoms with van der Waals surface area (Å²) in [6, 6.07) is 0. The second-order valence-corrected chi connectivity index (χ2v) is 5.69. The van der Waals surface area contributed by atoms with Crippen LogP contribution in [0.5, 0.6) is 0 Å². The SMILES string of the molecule is CC1(CO)CCC(CP)C1(C)CP.[CH2]=[Al].[CH2]=[Al].[CH2]=[Al].[CH2]=[Al]. The molecule has 0 aliphatic heterocycles. The van der Waals surface area contributed by atoms with Gasteiger partial charge in [-0.05, 0) is 41.9 Å². The van der Waals surface area contributed by atoms with E-state index < -0.39 is 0 Å². The minimum absolute atomic E-state index is 0.135. The van der Waals surface area contributed by atoms with Gasteiger partial charge in [0.25, 0.3) is 0 Å². The first kappa shape index (κ1) is 31.2. The Morgan fingerprint density at radius 3 is 1.62 bits per heavy atom. The number of aliphatic hydroxyl groups is 1. The van der Waals surface area contributed by atoms with Gasteiger partial charge in [-0.3, -0.25) is 0 Å². The second-order valence-electron chi connectivity index (χ2n) is 4.81. The van der Waals surface area contributed by atoms with Gasteiger partial charge in [-0.25, -0.2) is 0 Å². The van der Waals surface area contributed by atoms with E-state index in [-0.39, 0.29) is 5.41 Å². The standard InChI is InChI=1S/C10H22OP2.4CH2.4Al/c1-9(6-11)4-3-8(5-12)10(9,2)7-13;;;;;;;;/h8,11H,3-7,12-13H2,1-2H3;4*1H2;;;;. The summed E-state index contributed by atoms with van der Waals surface area (Å²) in [7, 11) is 5.71. The summed E-state index contributed by atoms with van der Waals surface area (Å²) in [4.78, 5) is 0. The fraction of sp³-hybridized carbons (Fsp3) is 0.714. The van der Waals surface area contributed by atoms with Crippen molar-refractivity contribution >= 4 is 103 Å². The zero-order valence-corrected chi connectivity index (χ0v) is 20.8. The summed E-state index contributed by atoms with van der Waals surface area (Å²) in [6.07, 6.45) is 4.71. The molecule has 0 bridgehead atoms. The normalized spacial score (nSPS) is 28.7. The first-order chi connectivity index (χ1) is 10.0. The molecule has 0 spiro atoms. The van der Waals surface area contributed by atoms with Crippen molar-refractivity contribution in [2.24, 2.45) is 16.7 Å². The Labute approximate surface area is 169 Å². The molecule has 1 N–H and O–H groups in total. The molecule has 5 atom stereocenters. The van der Waals surface area contributed by atoms with E-state index in [0.29, 0.717) is 12.0 Å². The van der Waals surface area contributed by atoms with Crippen molar-refractivity contribution in [1.82, 2.24) is 0 Å². The van der Waals surface area contributed by atoms with E-state index in [2.05, 4.69) is 117 Å². The van der Waals surface area contributed by atoms with Crippen LogP contribution in [0.15, 0.2) is 0 Å². The van der Waals surface area contributed by atoms with Crippen molar-refractivity contribution in [1.29, 1.82) is 0 Å². The third-order valence-electron chi connectivity index (χ3n) is 4.38. The molecule has 0 aromatic rings. The van der Waals surface area contributed by atoms with E-state index in [0.717, 1.165) is 12.1 Å². The van der Waals surface area contributed by atoms with Gasteiger partial charge in [-0.2, -0.15) is 0 Å². The van der Waals surface area contributed by atoms with Gasteiger partial charge in [0.2, 0.25) is 0 Å². The molecule has 0 heterocycles. The maximum atomic E-state index is 9.49. The van der Waals surface area contributed by atoms with Crippen LogP contribution in [0.25, 0.3) is 0 Å². The molecule has 0 saturated heterocycles. The monoisotopic (exact) mass is 384 g/mol. The molecule has 0 aromatic carbocycles. The van der Waals surface area contributed by atoms with Gasteiger partial charge in [0.1, 0.15) is 0 Å². The fourth-order valence-electron chi connectivity index (χ4n) is 2.64. The average molecular weight is 384 g/mol. The summed E-state index contributed by atoms with van der Waals surface area (Å²) >= 11 is 8.67. The van der Waals surface area contributed by atoms with Gasteiger partial charge in [-0.1, -0.05) is 13.8 Å². The summed E-state index contributed by atoms with van der Waals surface area (Å²) < 4.78 is 0. The summed E-state index contributed by atoms with van der Waals surface area (Å²) in [5.41, 5.74) is 0.435. The molecule has 0 amide bonds. The van der Waals surface area contributed by atoms with Crippen LogP contribution in [0.4, 0.5) is 0 Å². The molecule has 1 fully saturated rings. The number of hydrogen-bond donors (Lipinski definition) is 1. The van der Waals surface area contributed by atoms with Crippen molar-refractivity contribution < 1.29 is 5.11 Å².